The van der Waals surface area contributed by atoms with E-state index in [1.54, 1.807) is 16.6 Å². The van der Waals surface area contributed by atoms with Gasteiger partial charge in [-0.3, -0.25) is 4.68 Å². The predicted octanol–water partition coefficient (Wildman–Crippen LogP) is 8.45. The Balaban J connectivity index is 1.55. The number of benzene rings is 3. The molecule has 0 aliphatic carbocycles. The number of esters is 1. The summed E-state index contributed by atoms with van der Waals surface area (Å²) in [6.07, 6.45) is 2.17. The number of hydrogen-bond acceptors (Lipinski definition) is 8. The van der Waals surface area contributed by atoms with Gasteiger partial charge in [-0.15, -0.1) is 0 Å². The van der Waals surface area contributed by atoms with Crippen LogP contribution >= 0.6 is 0 Å². The molecule has 0 radical (unpaired) electrons. The van der Waals surface area contributed by atoms with Crippen molar-refractivity contribution in [1.82, 2.24) is 19.2 Å². The van der Waals surface area contributed by atoms with Gasteiger partial charge in [0.2, 0.25) is 0 Å². The number of amides is 1. The lowest BCUT2D eigenvalue weighted by Gasteiger charge is -2.24. The molecular formula is C43H56N4O7. The van der Waals surface area contributed by atoms with Gasteiger partial charge in [-0.05, 0) is 84.2 Å². The highest BCUT2D eigenvalue weighted by Crippen LogP contribution is 2.39. The average Bonchev–Trinajstić information content (AvgIpc) is 3.63. The normalized spacial score (nSPS) is 11.8. The molecule has 2 aromatic heterocycles. The topological polar surface area (TPSA) is 117 Å². The first kappa shape index (κ1) is 40.3. The Kier molecular flexibility index (Phi) is 13.4. The smallest absolute Gasteiger partial charge is 0.410 e. The van der Waals surface area contributed by atoms with Gasteiger partial charge < -0.3 is 33.5 Å². The van der Waals surface area contributed by atoms with Crippen LogP contribution in [0.15, 0.2) is 60.7 Å². The highest BCUT2D eigenvalue weighted by Gasteiger charge is 2.28. The molecule has 0 unspecified atom stereocenters. The van der Waals surface area contributed by atoms with E-state index in [-0.39, 0.29) is 32.0 Å². The Morgan fingerprint density at radius 3 is 2.41 bits per heavy atom. The van der Waals surface area contributed by atoms with Gasteiger partial charge in [0.25, 0.3) is 0 Å². The Hall–Kier alpha value is -4.87. The molecule has 290 valence electrons. The van der Waals surface area contributed by atoms with Gasteiger partial charge in [-0.25, -0.2) is 9.59 Å². The van der Waals surface area contributed by atoms with E-state index in [1.165, 1.54) is 0 Å². The number of hydrogen-bond donors (Lipinski definition) is 1. The van der Waals surface area contributed by atoms with Gasteiger partial charge >= 0.3 is 12.1 Å². The zero-order chi connectivity index (χ0) is 39.0. The van der Waals surface area contributed by atoms with Crippen molar-refractivity contribution in [3.8, 4) is 16.9 Å². The number of aliphatic hydroxyl groups excluding tert-OH is 1. The Morgan fingerprint density at radius 1 is 0.963 bits per heavy atom. The summed E-state index contributed by atoms with van der Waals surface area (Å²) in [6, 6.07) is 20.3. The quantitative estimate of drug-likeness (QED) is 0.0746. The summed E-state index contributed by atoms with van der Waals surface area (Å²) in [7, 11) is 3.55. The molecule has 1 N–H and O–H groups in total. The molecule has 5 rings (SSSR count). The van der Waals surface area contributed by atoms with Crippen molar-refractivity contribution in [1.29, 1.82) is 0 Å². The summed E-state index contributed by atoms with van der Waals surface area (Å²) in [5, 5.41) is 18.5. The summed E-state index contributed by atoms with van der Waals surface area (Å²) in [5.41, 5.74) is 4.65. The van der Waals surface area contributed by atoms with Crippen LogP contribution in [0.2, 0.25) is 0 Å². The number of fused-ring (bicyclic) bond motifs is 2. The van der Waals surface area contributed by atoms with Crippen molar-refractivity contribution in [3.05, 3.63) is 83.3 Å². The number of nitrogens with zero attached hydrogens (tertiary/aromatic N) is 4. The lowest BCUT2D eigenvalue weighted by atomic mass is 9.98. The number of unbranched alkanes of at least 4 members (excludes halogenated alkanes) is 1. The molecule has 0 bridgehead atoms. The second kappa shape index (κ2) is 18.0. The third kappa shape index (κ3) is 9.43. The zero-order valence-corrected chi connectivity index (χ0v) is 33.1. The summed E-state index contributed by atoms with van der Waals surface area (Å²) in [6.45, 7) is 13.0. The number of aromatic nitrogens is 3. The van der Waals surface area contributed by atoms with Gasteiger partial charge in [0.15, 0.2) is 0 Å². The van der Waals surface area contributed by atoms with E-state index < -0.39 is 11.6 Å². The van der Waals surface area contributed by atoms with E-state index in [9.17, 15) is 14.7 Å². The molecule has 2 heterocycles. The first-order valence-electron chi connectivity index (χ1n) is 19.0. The van der Waals surface area contributed by atoms with E-state index in [4.69, 9.17) is 24.0 Å². The lowest BCUT2D eigenvalue weighted by molar-refractivity contribution is 0.0295. The molecule has 11 nitrogen and oxygen atoms in total. The van der Waals surface area contributed by atoms with Gasteiger partial charge in [0.1, 0.15) is 17.0 Å². The van der Waals surface area contributed by atoms with E-state index in [1.807, 2.05) is 85.0 Å². The molecular weight excluding hydrogens is 684 g/mol. The summed E-state index contributed by atoms with van der Waals surface area (Å²) >= 11 is 0. The first-order valence-corrected chi connectivity index (χ1v) is 19.0. The Labute approximate surface area is 318 Å². The molecule has 0 atom stereocenters. The van der Waals surface area contributed by atoms with Crippen LogP contribution in [-0.2, 0) is 47.4 Å². The minimum atomic E-state index is -0.588. The zero-order valence-electron chi connectivity index (χ0n) is 33.1. The number of carbonyl (C=O) groups is 2. The van der Waals surface area contributed by atoms with Gasteiger partial charge in [-0.1, -0.05) is 54.6 Å². The fourth-order valence-electron chi connectivity index (χ4n) is 6.85. The molecule has 5 aromatic rings. The van der Waals surface area contributed by atoms with Crippen LogP contribution < -0.4 is 4.74 Å². The number of aliphatic hydroxyl groups is 1. The second-order valence-electron chi connectivity index (χ2n) is 14.8. The molecule has 0 fully saturated rings. The first-order chi connectivity index (χ1) is 25.8. The van der Waals surface area contributed by atoms with Crippen LogP contribution in [0, 0.1) is 0 Å². The van der Waals surface area contributed by atoms with Crippen LogP contribution in [0.3, 0.4) is 0 Å². The predicted molar refractivity (Wildman–Crippen MR) is 212 cm³/mol. The van der Waals surface area contributed by atoms with Crippen LogP contribution in [0.1, 0.15) is 88.2 Å². The summed E-state index contributed by atoms with van der Waals surface area (Å²) in [5.74, 6) is 0.427. The Morgan fingerprint density at radius 2 is 1.69 bits per heavy atom. The van der Waals surface area contributed by atoms with Crippen molar-refractivity contribution in [2.75, 3.05) is 26.8 Å². The maximum absolute atomic E-state index is 14.0. The van der Waals surface area contributed by atoms with E-state index in [2.05, 4.69) is 28.8 Å². The third-order valence-corrected chi connectivity index (χ3v) is 9.28. The fourth-order valence-corrected chi connectivity index (χ4v) is 6.85. The number of para-hydroxylation sites is 1. The second-order valence-corrected chi connectivity index (χ2v) is 14.8. The van der Waals surface area contributed by atoms with Crippen LogP contribution in [0.5, 0.6) is 5.75 Å². The largest absolute Gasteiger partial charge is 0.493 e. The Bertz CT molecular complexity index is 2050. The maximum atomic E-state index is 14.0. The summed E-state index contributed by atoms with van der Waals surface area (Å²) in [4.78, 5) is 28.3. The minimum absolute atomic E-state index is 0.0194. The van der Waals surface area contributed by atoms with E-state index in [0.717, 1.165) is 44.1 Å². The highest BCUT2D eigenvalue weighted by atomic mass is 16.6. The van der Waals surface area contributed by atoms with Crippen LogP contribution in [-0.4, -0.2) is 74.9 Å². The number of ether oxygens (including phenoxy) is 4. The van der Waals surface area contributed by atoms with Gasteiger partial charge in [0.05, 0.1) is 49.4 Å². The van der Waals surface area contributed by atoms with Gasteiger partial charge in [0, 0.05) is 49.1 Å². The maximum Gasteiger partial charge on any atom is 0.410 e. The molecule has 0 saturated carbocycles. The van der Waals surface area contributed by atoms with Crippen molar-refractivity contribution in [2.45, 2.75) is 98.7 Å². The molecule has 0 spiro atoms. The standard InChI is InChI=1S/C43H56N4O7/c1-9-51-41(49)40-33(22-16-26-52-37-23-14-18-30-17-10-11-19-31(30)37)32-20-15-21-34(38-35(28-53-29(2)3)44-46(8)36(38)27-48)39(32)47(40)25-13-12-24-45(7)42(50)54-43(4,5)6/h10-11,14-15,17-21,23,29,48H,9,12-13,16,22,24-28H2,1-8H3. The van der Waals surface area contributed by atoms with Gasteiger partial charge in [-0.2, -0.15) is 5.10 Å². The minimum Gasteiger partial charge on any atom is -0.493 e. The van der Waals surface area contributed by atoms with Crippen LogP contribution in [0.25, 0.3) is 32.8 Å². The SMILES string of the molecule is CCOC(=O)c1c(CCCOc2cccc3ccccc23)c2cccc(-c3c(COC(C)C)nn(C)c3CO)c2n1CCCCN(C)C(=O)OC(C)(C)C. The van der Waals surface area contributed by atoms with E-state index >= 15 is 0 Å². The molecule has 1 amide bonds. The van der Waals surface area contributed by atoms with E-state index in [0.29, 0.717) is 62.5 Å². The molecule has 0 aliphatic rings. The average molecular weight is 741 g/mol. The lowest BCUT2D eigenvalue weighted by Crippen LogP contribution is -2.34. The number of carbonyl (C=O) groups excluding carboxylic acids is 2. The fraction of sp³-hybridized carbons (Fsp3) is 0.465. The third-order valence-electron chi connectivity index (χ3n) is 9.28. The number of aryl methyl sites for hydroxylation is 3. The van der Waals surface area contributed by atoms with Crippen molar-refractivity contribution >= 4 is 33.7 Å². The molecule has 3 aromatic carbocycles. The monoisotopic (exact) mass is 740 g/mol. The summed E-state index contributed by atoms with van der Waals surface area (Å²) < 4.78 is 27.4. The molecule has 0 saturated heterocycles. The number of rotatable bonds is 17. The van der Waals surface area contributed by atoms with Crippen molar-refractivity contribution in [3.63, 3.8) is 0 Å². The highest BCUT2D eigenvalue weighted by molar-refractivity contribution is 6.05. The van der Waals surface area contributed by atoms with Crippen LogP contribution in [0.4, 0.5) is 4.79 Å². The molecule has 11 heteroatoms. The van der Waals surface area contributed by atoms with Crippen molar-refractivity contribution in [2.24, 2.45) is 7.05 Å². The van der Waals surface area contributed by atoms with Crippen molar-refractivity contribution < 1.29 is 33.6 Å². The molecule has 0 aliphatic heterocycles. The molecule has 54 heavy (non-hydrogen) atoms.